The predicted molar refractivity (Wildman–Crippen MR) is 79.2 cm³/mol. The molecule has 21 heavy (non-hydrogen) atoms. The van der Waals surface area contributed by atoms with Gasteiger partial charge in [-0.25, -0.2) is 0 Å². The van der Waals surface area contributed by atoms with Gasteiger partial charge in [-0.2, -0.15) is 0 Å². The standard InChI is InChI=1S/C12H20N4OS.CH2O2/c1-9-13-14-12(18-9)8-15-6-10(11(17)7-15)16-4-2-3-5-16;2-1-3/h10-11,17H,2-8H2,1H3;1H,(H,2,3)/t10-,11-;/m0./s1. The first-order chi connectivity index (χ1) is 10.1. The quantitative estimate of drug-likeness (QED) is 0.770. The summed E-state index contributed by atoms with van der Waals surface area (Å²) in [6.07, 6.45) is 2.34. The van der Waals surface area contributed by atoms with Gasteiger partial charge in [0.15, 0.2) is 0 Å². The van der Waals surface area contributed by atoms with E-state index in [-0.39, 0.29) is 12.6 Å². The molecule has 0 spiro atoms. The van der Waals surface area contributed by atoms with Crippen LogP contribution in [0.4, 0.5) is 0 Å². The number of likely N-dealkylation sites (tertiary alicyclic amines) is 2. The van der Waals surface area contributed by atoms with Crippen LogP contribution >= 0.6 is 11.3 Å². The maximum absolute atomic E-state index is 10.2. The topological polar surface area (TPSA) is 89.8 Å². The lowest BCUT2D eigenvalue weighted by Crippen LogP contribution is -2.41. The highest BCUT2D eigenvalue weighted by Gasteiger charge is 2.36. The van der Waals surface area contributed by atoms with Crippen LogP contribution in [0.3, 0.4) is 0 Å². The van der Waals surface area contributed by atoms with Crippen LogP contribution < -0.4 is 0 Å². The molecule has 3 heterocycles. The normalized spacial score (nSPS) is 26.6. The summed E-state index contributed by atoms with van der Waals surface area (Å²) in [5.74, 6) is 0. The average molecular weight is 314 g/mol. The number of aliphatic hydroxyl groups excluding tert-OH is 1. The zero-order valence-electron chi connectivity index (χ0n) is 12.2. The molecule has 0 amide bonds. The van der Waals surface area contributed by atoms with Crippen LogP contribution in [0.1, 0.15) is 22.9 Å². The van der Waals surface area contributed by atoms with Gasteiger partial charge in [0.2, 0.25) is 0 Å². The van der Waals surface area contributed by atoms with E-state index >= 15 is 0 Å². The molecule has 1 aromatic rings. The molecule has 2 saturated heterocycles. The van der Waals surface area contributed by atoms with E-state index in [2.05, 4.69) is 20.0 Å². The van der Waals surface area contributed by atoms with Crippen molar-refractivity contribution in [3.8, 4) is 0 Å². The Balaban J connectivity index is 0.000000497. The van der Waals surface area contributed by atoms with Gasteiger partial charge < -0.3 is 10.2 Å². The number of carboxylic acid groups (broad SMARTS) is 1. The third-order valence-corrected chi connectivity index (χ3v) is 4.69. The molecule has 8 heteroatoms. The number of nitrogens with zero attached hydrogens (tertiary/aromatic N) is 4. The fourth-order valence-corrected chi connectivity index (χ4v) is 3.75. The van der Waals surface area contributed by atoms with Crippen LogP contribution in [0.2, 0.25) is 0 Å². The number of hydrogen-bond donors (Lipinski definition) is 2. The molecule has 2 aliphatic heterocycles. The van der Waals surface area contributed by atoms with E-state index in [1.165, 1.54) is 12.8 Å². The van der Waals surface area contributed by atoms with Crippen molar-refractivity contribution in [1.29, 1.82) is 0 Å². The first kappa shape index (κ1) is 16.3. The van der Waals surface area contributed by atoms with Crippen LogP contribution in [0.25, 0.3) is 0 Å². The number of aryl methyl sites for hydroxylation is 1. The highest BCUT2D eigenvalue weighted by molar-refractivity contribution is 7.11. The fourth-order valence-electron chi connectivity index (χ4n) is 3.00. The Morgan fingerprint density at radius 1 is 1.33 bits per heavy atom. The lowest BCUT2D eigenvalue weighted by Gasteiger charge is -2.25. The molecule has 0 aromatic carbocycles. The van der Waals surface area contributed by atoms with E-state index in [0.29, 0.717) is 6.04 Å². The third-order valence-electron chi connectivity index (χ3n) is 3.87. The Morgan fingerprint density at radius 3 is 2.57 bits per heavy atom. The van der Waals surface area contributed by atoms with Crippen LogP contribution in [-0.4, -0.2) is 75.0 Å². The maximum Gasteiger partial charge on any atom is 0.290 e. The van der Waals surface area contributed by atoms with Gasteiger partial charge in [-0.15, -0.1) is 21.5 Å². The summed E-state index contributed by atoms with van der Waals surface area (Å²) in [4.78, 5) is 13.1. The highest BCUT2D eigenvalue weighted by Crippen LogP contribution is 2.22. The molecular weight excluding hydrogens is 292 g/mol. The largest absolute Gasteiger partial charge is 0.483 e. The van der Waals surface area contributed by atoms with Crippen molar-refractivity contribution in [1.82, 2.24) is 20.0 Å². The van der Waals surface area contributed by atoms with Crippen molar-refractivity contribution in [3.05, 3.63) is 10.0 Å². The molecule has 7 nitrogen and oxygen atoms in total. The molecule has 2 atom stereocenters. The first-order valence-electron chi connectivity index (χ1n) is 7.15. The van der Waals surface area contributed by atoms with Gasteiger partial charge in [-0.3, -0.25) is 14.6 Å². The smallest absolute Gasteiger partial charge is 0.290 e. The van der Waals surface area contributed by atoms with E-state index in [1.54, 1.807) is 11.3 Å². The fraction of sp³-hybridized carbons (Fsp3) is 0.769. The van der Waals surface area contributed by atoms with E-state index in [9.17, 15) is 5.11 Å². The van der Waals surface area contributed by atoms with Gasteiger partial charge in [-0.05, 0) is 32.9 Å². The minimum atomic E-state index is -0.250. The molecule has 2 aliphatic rings. The SMILES string of the molecule is Cc1nnc(CN2C[C@H](O)[C@@H](N3CCCC3)C2)s1.O=CO. The molecule has 2 fully saturated rings. The van der Waals surface area contributed by atoms with Gasteiger partial charge >= 0.3 is 0 Å². The van der Waals surface area contributed by atoms with E-state index in [4.69, 9.17) is 9.90 Å². The lowest BCUT2D eigenvalue weighted by atomic mass is 10.2. The Morgan fingerprint density at radius 2 is 2.00 bits per heavy atom. The third kappa shape index (κ3) is 4.44. The summed E-state index contributed by atoms with van der Waals surface area (Å²) < 4.78 is 0. The average Bonchev–Trinajstić information content (AvgIpc) is 3.13. The van der Waals surface area contributed by atoms with Crippen LogP contribution in [0, 0.1) is 6.92 Å². The lowest BCUT2D eigenvalue weighted by molar-refractivity contribution is -0.122. The summed E-state index contributed by atoms with van der Waals surface area (Å²) in [6.45, 7) is 6.57. The summed E-state index contributed by atoms with van der Waals surface area (Å²) in [5.41, 5.74) is 0. The number of aromatic nitrogens is 2. The number of hydrogen-bond acceptors (Lipinski definition) is 7. The molecule has 3 rings (SSSR count). The van der Waals surface area contributed by atoms with E-state index < -0.39 is 0 Å². The van der Waals surface area contributed by atoms with Crippen molar-refractivity contribution in [2.75, 3.05) is 26.2 Å². The van der Waals surface area contributed by atoms with Crippen molar-refractivity contribution in [2.45, 2.75) is 38.5 Å². The van der Waals surface area contributed by atoms with Crippen molar-refractivity contribution in [2.24, 2.45) is 0 Å². The minimum Gasteiger partial charge on any atom is -0.483 e. The van der Waals surface area contributed by atoms with Gasteiger partial charge in [0, 0.05) is 19.1 Å². The Kier molecular flexibility index (Phi) is 6.04. The Hall–Kier alpha value is -1.09. The number of rotatable bonds is 3. The van der Waals surface area contributed by atoms with Crippen LogP contribution in [-0.2, 0) is 11.3 Å². The molecule has 0 radical (unpaired) electrons. The highest BCUT2D eigenvalue weighted by atomic mass is 32.1. The van der Waals surface area contributed by atoms with Crippen molar-refractivity contribution < 1.29 is 15.0 Å². The van der Waals surface area contributed by atoms with Gasteiger partial charge in [-0.1, -0.05) is 0 Å². The molecule has 0 aliphatic carbocycles. The summed E-state index contributed by atoms with van der Waals surface area (Å²) in [7, 11) is 0. The van der Waals surface area contributed by atoms with Crippen molar-refractivity contribution in [3.63, 3.8) is 0 Å². The van der Waals surface area contributed by atoms with Gasteiger partial charge in [0.25, 0.3) is 6.47 Å². The Bertz CT molecular complexity index is 450. The monoisotopic (exact) mass is 314 g/mol. The second-order valence-electron chi connectivity index (χ2n) is 5.39. The maximum atomic E-state index is 10.2. The number of β-amino-alcohol motifs (C(OH)–C–C–N with tert-alkyl or cyclic N) is 1. The zero-order valence-corrected chi connectivity index (χ0v) is 13.0. The van der Waals surface area contributed by atoms with E-state index in [0.717, 1.165) is 42.7 Å². The Labute approximate surface area is 128 Å². The molecule has 118 valence electrons. The van der Waals surface area contributed by atoms with Crippen LogP contribution in [0.5, 0.6) is 0 Å². The number of carbonyl (C=O) groups is 1. The molecule has 0 saturated carbocycles. The number of aliphatic hydroxyl groups is 1. The summed E-state index contributed by atoms with van der Waals surface area (Å²) in [6, 6.07) is 0.321. The minimum absolute atomic E-state index is 0.211. The van der Waals surface area contributed by atoms with Gasteiger partial charge in [0.1, 0.15) is 10.0 Å². The second kappa shape index (κ2) is 7.79. The molecule has 0 unspecified atom stereocenters. The van der Waals surface area contributed by atoms with Crippen molar-refractivity contribution >= 4 is 17.8 Å². The van der Waals surface area contributed by atoms with E-state index in [1.807, 2.05) is 6.92 Å². The molecule has 2 N–H and O–H groups in total. The summed E-state index contributed by atoms with van der Waals surface area (Å²) in [5, 5.41) is 27.3. The molecule has 1 aromatic heterocycles. The molecule has 0 bridgehead atoms. The van der Waals surface area contributed by atoms with Crippen LogP contribution in [0.15, 0.2) is 0 Å². The van der Waals surface area contributed by atoms with Gasteiger partial charge in [0.05, 0.1) is 12.6 Å². The summed E-state index contributed by atoms with van der Waals surface area (Å²) >= 11 is 1.65. The first-order valence-corrected chi connectivity index (χ1v) is 7.97. The zero-order chi connectivity index (χ0) is 15.2. The second-order valence-corrected chi connectivity index (χ2v) is 6.66. The molecular formula is C13H22N4O3S. The predicted octanol–water partition coefficient (Wildman–Crippen LogP) is 0.188.